The Hall–Kier alpha value is -0.580. The standard InChI is InChI=1S/C13H20BrNO2/c1-3-16-11(9-15)6-7-17-13-5-4-10(2)8-12(13)14/h4-5,8,11H,3,6-7,9,15H2,1-2H3. The highest BCUT2D eigenvalue weighted by Crippen LogP contribution is 2.25. The van der Waals surface area contributed by atoms with Crippen molar-refractivity contribution in [1.82, 2.24) is 0 Å². The van der Waals surface area contributed by atoms with E-state index in [1.807, 2.05) is 32.0 Å². The molecule has 0 aliphatic rings. The van der Waals surface area contributed by atoms with Gasteiger partial charge in [-0.1, -0.05) is 6.07 Å². The number of hydrogen-bond acceptors (Lipinski definition) is 3. The Bertz CT molecular complexity index is 344. The van der Waals surface area contributed by atoms with Gasteiger partial charge >= 0.3 is 0 Å². The fourth-order valence-electron chi connectivity index (χ4n) is 1.53. The topological polar surface area (TPSA) is 44.5 Å². The van der Waals surface area contributed by atoms with Gasteiger partial charge in [0.2, 0.25) is 0 Å². The molecule has 0 aromatic heterocycles. The molecule has 0 saturated carbocycles. The summed E-state index contributed by atoms with van der Waals surface area (Å²) >= 11 is 3.48. The molecule has 0 fully saturated rings. The summed E-state index contributed by atoms with van der Waals surface area (Å²) in [4.78, 5) is 0. The largest absolute Gasteiger partial charge is 0.492 e. The van der Waals surface area contributed by atoms with E-state index in [-0.39, 0.29) is 6.10 Å². The second kappa shape index (κ2) is 7.69. The van der Waals surface area contributed by atoms with Crippen molar-refractivity contribution in [3.8, 4) is 5.75 Å². The van der Waals surface area contributed by atoms with Crippen LogP contribution >= 0.6 is 15.9 Å². The molecule has 3 nitrogen and oxygen atoms in total. The molecule has 0 saturated heterocycles. The van der Waals surface area contributed by atoms with Crippen LogP contribution in [0, 0.1) is 6.92 Å². The molecule has 1 unspecified atom stereocenters. The van der Waals surface area contributed by atoms with Crippen LogP contribution in [-0.2, 0) is 4.74 Å². The first-order chi connectivity index (χ1) is 8.17. The van der Waals surface area contributed by atoms with E-state index in [0.717, 1.165) is 16.6 Å². The van der Waals surface area contributed by atoms with Crippen molar-refractivity contribution in [3.63, 3.8) is 0 Å². The second-order valence-corrected chi connectivity index (χ2v) is 4.74. The second-order valence-electron chi connectivity index (χ2n) is 3.88. The van der Waals surface area contributed by atoms with Crippen LogP contribution in [0.5, 0.6) is 5.75 Å². The molecule has 0 radical (unpaired) electrons. The number of rotatable bonds is 7. The van der Waals surface area contributed by atoms with Crippen LogP contribution in [0.3, 0.4) is 0 Å². The maximum atomic E-state index is 5.69. The molecule has 0 aliphatic heterocycles. The minimum absolute atomic E-state index is 0.0872. The molecule has 1 aromatic carbocycles. The summed E-state index contributed by atoms with van der Waals surface area (Å²) in [5, 5.41) is 0. The Labute approximate surface area is 111 Å². The summed E-state index contributed by atoms with van der Waals surface area (Å²) in [5.74, 6) is 0.864. The van der Waals surface area contributed by atoms with E-state index in [0.29, 0.717) is 19.8 Å². The van der Waals surface area contributed by atoms with Gasteiger partial charge in [-0.05, 0) is 47.5 Å². The molecule has 0 aliphatic carbocycles. The van der Waals surface area contributed by atoms with Crippen LogP contribution in [-0.4, -0.2) is 25.9 Å². The lowest BCUT2D eigenvalue weighted by Crippen LogP contribution is -2.25. The third-order valence-electron chi connectivity index (χ3n) is 2.45. The average Bonchev–Trinajstić information content (AvgIpc) is 2.30. The van der Waals surface area contributed by atoms with Gasteiger partial charge in [-0.2, -0.15) is 0 Å². The van der Waals surface area contributed by atoms with E-state index < -0.39 is 0 Å². The van der Waals surface area contributed by atoms with Crippen molar-refractivity contribution < 1.29 is 9.47 Å². The Morgan fingerprint density at radius 1 is 1.41 bits per heavy atom. The van der Waals surface area contributed by atoms with Crippen LogP contribution in [0.1, 0.15) is 18.9 Å². The minimum Gasteiger partial charge on any atom is -0.492 e. The first-order valence-electron chi connectivity index (χ1n) is 5.88. The third kappa shape index (κ3) is 5.06. The number of aryl methyl sites for hydroxylation is 1. The molecule has 0 heterocycles. The maximum Gasteiger partial charge on any atom is 0.133 e. The SMILES string of the molecule is CCOC(CN)CCOc1ccc(C)cc1Br. The van der Waals surface area contributed by atoms with E-state index in [2.05, 4.69) is 15.9 Å². The highest BCUT2D eigenvalue weighted by molar-refractivity contribution is 9.10. The van der Waals surface area contributed by atoms with Gasteiger partial charge in [-0.3, -0.25) is 0 Å². The highest BCUT2D eigenvalue weighted by Gasteiger charge is 2.07. The fourth-order valence-corrected chi connectivity index (χ4v) is 2.14. The predicted octanol–water partition coefficient (Wildman–Crippen LogP) is 2.89. The van der Waals surface area contributed by atoms with Gasteiger partial charge in [0.15, 0.2) is 0 Å². The van der Waals surface area contributed by atoms with Crippen LogP contribution in [0.4, 0.5) is 0 Å². The normalized spacial score (nSPS) is 12.5. The minimum atomic E-state index is 0.0872. The van der Waals surface area contributed by atoms with Crippen molar-refractivity contribution in [2.75, 3.05) is 19.8 Å². The van der Waals surface area contributed by atoms with Gasteiger partial charge < -0.3 is 15.2 Å². The van der Waals surface area contributed by atoms with Crippen LogP contribution in [0.2, 0.25) is 0 Å². The fraction of sp³-hybridized carbons (Fsp3) is 0.538. The summed E-state index contributed by atoms with van der Waals surface area (Å²) in [7, 11) is 0. The van der Waals surface area contributed by atoms with Gasteiger partial charge in [-0.25, -0.2) is 0 Å². The maximum absolute atomic E-state index is 5.69. The lowest BCUT2D eigenvalue weighted by Gasteiger charge is -2.15. The molecule has 1 aromatic rings. The molecule has 2 N–H and O–H groups in total. The average molecular weight is 302 g/mol. The number of nitrogens with two attached hydrogens (primary N) is 1. The Morgan fingerprint density at radius 2 is 2.18 bits per heavy atom. The van der Waals surface area contributed by atoms with E-state index in [1.54, 1.807) is 0 Å². The van der Waals surface area contributed by atoms with Crippen LogP contribution in [0.15, 0.2) is 22.7 Å². The number of benzene rings is 1. The van der Waals surface area contributed by atoms with Crippen LogP contribution < -0.4 is 10.5 Å². The van der Waals surface area contributed by atoms with Crippen molar-refractivity contribution in [1.29, 1.82) is 0 Å². The predicted molar refractivity (Wildman–Crippen MR) is 73.5 cm³/mol. The molecule has 1 rings (SSSR count). The molecule has 0 spiro atoms. The highest BCUT2D eigenvalue weighted by atomic mass is 79.9. The first-order valence-corrected chi connectivity index (χ1v) is 6.67. The van der Waals surface area contributed by atoms with Gasteiger partial charge in [0, 0.05) is 19.6 Å². The van der Waals surface area contributed by atoms with Gasteiger partial charge in [0.05, 0.1) is 17.2 Å². The first kappa shape index (κ1) is 14.5. The number of ether oxygens (including phenoxy) is 2. The summed E-state index contributed by atoms with van der Waals surface area (Å²) < 4.78 is 12.1. The van der Waals surface area contributed by atoms with Crippen molar-refractivity contribution >= 4 is 15.9 Å². The zero-order valence-corrected chi connectivity index (χ0v) is 12.0. The van der Waals surface area contributed by atoms with Crippen molar-refractivity contribution in [3.05, 3.63) is 28.2 Å². The summed E-state index contributed by atoms with van der Waals surface area (Å²) in [6.07, 6.45) is 0.897. The molecule has 0 amide bonds. The molecular formula is C13H20BrNO2. The van der Waals surface area contributed by atoms with Gasteiger partial charge in [0.1, 0.15) is 5.75 Å². The van der Waals surface area contributed by atoms with Gasteiger partial charge in [0.25, 0.3) is 0 Å². The summed E-state index contributed by atoms with van der Waals surface area (Å²) in [6, 6.07) is 6.04. The lowest BCUT2D eigenvalue weighted by molar-refractivity contribution is 0.0526. The Balaban J connectivity index is 2.39. The smallest absolute Gasteiger partial charge is 0.133 e. The van der Waals surface area contributed by atoms with Crippen LogP contribution in [0.25, 0.3) is 0 Å². The quantitative estimate of drug-likeness (QED) is 0.842. The lowest BCUT2D eigenvalue weighted by atomic mass is 10.2. The summed E-state index contributed by atoms with van der Waals surface area (Å²) in [5.41, 5.74) is 6.81. The van der Waals surface area contributed by atoms with Gasteiger partial charge in [-0.15, -0.1) is 0 Å². The molecular weight excluding hydrogens is 282 g/mol. The van der Waals surface area contributed by atoms with E-state index in [1.165, 1.54) is 5.56 Å². The zero-order valence-electron chi connectivity index (χ0n) is 10.4. The van der Waals surface area contributed by atoms with E-state index in [4.69, 9.17) is 15.2 Å². The molecule has 4 heteroatoms. The zero-order chi connectivity index (χ0) is 12.7. The molecule has 1 atom stereocenters. The molecule has 17 heavy (non-hydrogen) atoms. The monoisotopic (exact) mass is 301 g/mol. The van der Waals surface area contributed by atoms with E-state index >= 15 is 0 Å². The Kier molecular flexibility index (Phi) is 6.55. The number of hydrogen-bond donors (Lipinski definition) is 1. The molecule has 96 valence electrons. The van der Waals surface area contributed by atoms with Crippen molar-refractivity contribution in [2.24, 2.45) is 5.73 Å². The Morgan fingerprint density at radius 3 is 2.76 bits per heavy atom. The van der Waals surface area contributed by atoms with E-state index in [9.17, 15) is 0 Å². The third-order valence-corrected chi connectivity index (χ3v) is 3.07. The van der Waals surface area contributed by atoms with Crippen molar-refractivity contribution in [2.45, 2.75) is 26.4 Å². The number of halogens is 1. The molecule has 0 bridgehead atoms. The summed E-state index contributed by atoms with van der Waals surface area (Å²) in [6.45, 7) is 5.86.